The third-order valence-corrected chi connectivity index (χ3v) is 7.93. The quantitative estimate of drug-likeness (QED) is 0.285. The molecule has 13 heteroatoms. The molecule has 0 spiro atoms. The maximum Gasteiger partial charge on any atom is 0.163 e. The lowest BCUT2D eigenvalue weighted by Gasteiger charge is -2.43. The average molecular weight is 545 g/mol. The number of hydrogen-bond donors (Lipinski definition) is 1. The maximum atomic E-state index is 12.3. The van der Waals surface area contributed by atoms with Crippen molar-refractivity contribution in [3.05, 3.63) is 102 Å². The van der Waals surface area contributed by atoms with Gasteiger partial charge in [-0.1, -0.05) is 48.5 Å². The summed E-state index contributed by atoms with van der Waals surface area (Å²) in [5, 5.41) is 4.05. The normalized spacial score (nSPS) is 11.9. The smallest absolute Gasteiger partial charge is 0.163 e. The summed E-state index contributed by atoms with van der Waals surface area (Å²) in [7, 11) is -10.5. The molecular weight excluding hydrogens is 527 g/mol. The molecule has 3 heterocycles. The van der Waals surface area contributed by atoms with Crippen LogP contribution < -0.4 is 15.1 Å². The third-order valence-electron chi connectivity index (χ3n) is 5.45. The van der Waals surface area contributed by atoms with Gasteiger partial charge in [-0.05, 0) is 35.4 Å². The Labute approximate surface area is 217 Å². The Balaban J connectivity index is 1.65. The molecule has 0 aliphatic heterocycles. The fourth-order valence-electron chi connectivity index (χ4n) is 3.84. The van der Waals surface area contributed by atoms with Crippen LogP contribution >= 0.6 is 7.75 Å². The van der Waals surface area contributed by atoms with E-state index in [0.717, 1.165) is 34.5 Å². The highest BCUT2D eigenvalue weighted by molar-refractivity contribution is 8.00. The number of anilines is 1. The van der Waals surface area contributed by atoms with Gasteiger partial charge in [0.2, 0.25) is 0 Å². The lowest BCUT2D eigenvalue weighted by atomic mass is 10.0. The van der Waals surface area contributed by atoms with Crippen molar-refractivity contribution in [3.8, 4) is 22.5 Å². The number of pyridine rings is 2. The van der Waals surface area contributed by atoms with Crippen molar-refractivity contribution < 1.29 is 22.8 Å². The van der Waals surface area contributed by atoms with E-state index in [1.54, 1.807) is 12.3 Å². The molecule has 0 amide bonds. The third kappa shape index (κ3) is 5.75. The van der Waals surface area contributed by atoms with E-state index < -0.39 is 22.7 Å². The molecule has 5 rings (SSSR count). The van der Waals surface area contributed by atoms with E-state index in [4.69, 9.17) is 0 Å². The van der Waals surface area contributed by atoms with Crippen molar-refractivity contribution in [1.82, 2.24) is 19.9 Å². The molecule has 0 fully saturated rings. The van der Waals surface area contributed by atoms with Gasteiger partial charge in [-0.3, -0.25) is 9.97 Å². The zero-order valence-electron chi connectivity index (χ0n) is 19.5. The number of aromatic nitrogens is 4. The van der Waals surface area contributed by atoms with Crippen LogP contribution in [0.2, 0.25) is 0 Å². The Morgan fingerprint density at radius 2 is 1.68 bits per heavy atom. The van der Waals surface area contributed by atoms with E-state index in [0.29, 0.717) is 17.9 Å². The van der Waals surface area contributed by atoms with Crippen LogP contribution in [0.4, 0.5) is 5.82 Å². The topological polar surface area (TPSA) is 175 Å². The minimum atomic E-state index is -5.69. The van der Waals surface area contributed by atoms with Gasteiger partial charge in [0.05, 0.1) is 28.0 Å². The minimum Gasteiger partial charge on any atom is -0.826 e. The monoisotopic (exact) mass is 545 g/mol. The number of benzene rings is 2. The summed E-state index contributed by atoms with van der Waals surface area (Å²) in [6.07, 6.45) is 3.91. The van der Waals surface area contributed by atoms with Crippen LogP contribution in [0.15, 0.2) is 96.3 Å². The van der Waals surface area contributed by atoms with E-state index in [1.165, 1.54) is 6.20 Å². The second-order valence-electron chi connectivity index (χ2n) is 8.07. The van der Waals surface area contributed by atoms with Gasteiger partial charge in [-0.25, -0.2) is 18.4 Å². The lowest BCUT2D eigenvalue weighted by Crippen LogP contribution is -2.15. The first-order valence-corrected chi connectivity index (χ1v) is 14.1. The summed E-state index contributed by atoms with van der Waals surface area (Å²) in [5.41, 5.74) is 3.36. The van der Waals surface area contributed by atoms with E-state index in [2.05, 4.69) is 29.7 Å². The van der Waals surface area contributed by atoms with E-state index >= 15 is 0 Å². The molecule has 0 saturated carbocycles. The van der Waals surface area contributed by atoms with E-state index in [-0.39, 0.29) is 11.4 Å². The molecule has 1 N–H and O–H groups in total. The van der Waals surface area contributed by atoms with Crippen LogP contribution in [0.5, 0.6) is 0 Å². The van der Waals surface area contributed by atoms with Crippen LogP contribution in [0, 0.1) is 0 Å². The number of nitrogens with one attached hydrogen (secondary N) is 1. The van der Waals surface area contributed by atoms with Gasteiger partial charge in [0, 0.05) is 24.2 Å². The van der Waals surface area contributed by atoms with Crippen molar-refractivity contribution >= 4 is 34.5 Å². The zero-order valence-corrected chi connectivity index (χ0v) is 21.2. The fraction of sp³-hybridized carbons (Fsp3) is 0.0400. The van der Waals surface area contributed by atoms with Crippen molar-refractivity contribution in [2.24, 2.45) is 0 Å². The van der Waals surface area contributed by atoms with Crippen LogP contribution in [-0.2, 0) is 21.1 Å². The second kappa shape index (κ2) is 10.4. The van der Waals surface area contributed by atoms with Crippen LogP contribution in [0.3, 0.4) is 0 Å². The van der Waals surface area contributed by atoms with Crippen molar-refractivity contribution in [3.63, 3.8) is 0 Å². The van der Waals surface area contributed by atoms with Gasteiger partial charge in [0.25, 0.3) is 0 Å². The van der Waals surface area contributed by atoms with E-state index in [1.807, 2.05) is 60.7 Å². The Hall–Kier alpha value is -4.06. The molecule has 0 radical (unpaired) electrons. The number of fused-ring (bicyclic) bond motifs is 1. The van der Waals surface area contributed by atoms with Gasteiger partial charge in [0.1, 0.15) is 15.8 Å². The minimum absolute atomic E-state index is 0.128. The molecule has 2 aromatic carbocycles. The number of rotatable bonds is 8. The molecule has 0 saturated heterocycles. The molecule has 0 aliphatic carbocycles. The van der Waals surface area contributed by atoms with Gasteiger partial charge in [0.15, 0.2) is 5.82 Å². The second-order valence-corrected chi connectivity index (χ2v) is 11.1. The van der Waals surface area contributed by atoms with Crippen LogP contribution in [-0.4, -0.2) is 28.4 Å². The Morgan fingerprint density at radius 3 is 2.42 bits per heavy atom. The summed E-state index contributed by atoms with van der Waals surface area (Å²) in [6, 6.07) is 22.0. The van der Waals surface area contributed by atoms with Crippen molar-refractivity contribution in [1.29, 1.82) is 0 Å². The first-order valence-electron chi connectivity index (χ1n) is 11.2. The van der Waals surface area contributed by atoms with Gasteiger partial charge < -0.3 is 24.2 Å². The molecule has 0 unspecified atom stereocenters. The molecule has 0 atom stereocenters. The zero-order chi connectivity index (χ0) is 26.8. The molecular formula is C25H18N6O5PS-3. The van der Waals surface area contributed by atoms with E-state index in [9.17, 15) is 22.8 Å². The molecule has 192 valence electrons. The standard InChI is InChI=1S/C25H20N6O5PS/c32-37(33,34)31-38(35,36)20-13-18(14-26-16-20)24-29-22-11-6-10-21(17-7-2-1-3-8-17)23(22)25(30-24)28-15-19-9-4-5-12-27-19/h1-14,16H,15H2,(H3-,28,29,30,31,32,33,34)/q-1/p-2. The number of hydrogen-bond acceptors (Lipinski definition) is 10. The molecule has 3 aromatic heterocycles. The summed E-state index contributed by atoms with van der Waals surface area (Å²) >= 11 is 0. The van der Waals surface area contributed by atoms with Gasteiger partial charge in [-0.2, -0.15) is 7.75 Å². The van der Waals surface area contributed by atoms with Crippen LogP contribution in [0.1, 0.15) is 5.69 Å². The first kappa shape index (κ1) is 25.6. The predicted octanol–water partition coefficient (Wildman–Crippen LogP) is 3.26. The number of nitrogens with zero attached hydrogens (tertiary/aromatic N) is 5. The summed E-state index contributed by atoms with van der Waals surface area (Å²) in [5.74, 6) is 0.597. The molecule has 0 bridgehead atoms. The Bertz CT molecular complexity index is 1770. The lowest BCUT2D eigenvalue weighted by molar-refractivity contribution is -0.309. The fourth-order valence-corrected chi connectivity index (χ4v) is 5.74. The predicted molar refractivity (Wildman–Crippen MR) is 138 cm³/mol. The molecule has 11 nitrogen and oxygen atoms in total. The summed E-state index contributed by atoms with van der Waals surface area (Å²) < 4.78 is 38.1. The Kier molecular flexibility index (Phi) is 6.98. The molecule has 0 aliphatic rings. The SMILES string of the molecule is O=P([O-])([O-])[N-]S(=O)(=O)c1cncc(-c2nc(NCc3ccccn3)c3c(-c4ccccc4)cccc3n2)c1. The summed E-state index contributed by atoms with van der Waals surface area (Å²) in [6.45, 7) is 0.351. The average Bonchev–Trinajstić information content (AvgIpc) is 2.91. The first-order chi connectivity index (χ1) is 18.2. The highest BCUT2D eigenvalue weighted by atomic mass is 32.2. The van der Waals surface area contributed by atoms with Crippen molar-refractivity contribution in [2.45, 2.75) is 11.4 Å². The number of sulfonamides is 1. The van der Waals surface area contributed by atoms with Crippen molar-refractivity contribution in [2.75, 3.05) is 5.32 Å². The Morgan fingerprint density at radius 1 is 0.895 bits per heavy atom. The molecule has 5 aromatic rings. The highest BCUT2D eigenvalue weighted by Crippen LogP contribution is 2.39. The van der Waals surface area contributed by atoms with Gasteiger partial charge >= 0.3 is 0 Å². The maximum absolute atomic E-state index is 12.3. The molecule has 38 heavy (non-hydrogen) atoms. The van der Waals surface area contributed by atoms with Gasteiger partial charge in [-0.15, -0.1) is 0 Å². The summed E-state index contributed by atoms with van der Waals surface area (Å²) in [4.78, 5) is 38.9. The van der Waals surface area contributed by atoms with Crippen LogP contribution in [0.25, 0.3) is 37.9 Å². The largest absolute Gasteiger partial charge is 0.826 e. The highest BCUT2D eigenvalue weighted by Gasteiger charge is 2.16.